The van der Waals surface area contributed by atoms with Crippen LogP contribution in [-0.4, -0.2) is 17.5 Å². The fourth-order valence-electron chi connectivity index (χ4n) is 0.993. The van der Waals surface area contributed by atoms with E-state index in [9.17, 15) is 22.4 Å². The van der Waals surface area contributed by atoms with E-state index < -0.39 is 23.7 Å². The molecule has 0 aliphatic rings. The molecule has 7 heteroatoms. The summed E-state index contributed by atoms with van der Waals surface area (Å²) >= 11 is 2.83. The second kappa shape index (κ2) is 4.82. The zero-order valence-electron chi connectivity index (χ0n) is 7.65. The summed E-state index contributed by atoms with van der Waals surface area (Å²) in [4.78, 5) is 11.1. The Morgan fingerprint density at radius 3 is 2.44 bits per heavy atom. The minimum atomic E-state index is -4.91. The second-order valence-corrected chi connectivity index (χ2v) is 3.34. The summed E-state index contributed by atoms with van der Waals surface area (Å²) in [5.74, 6) is -2.26. The Labute approximate surface area is 96.3 Å². The van der Waals surface area contributed by atoms with Gasteiger partial charge in [0.15, 0.2) is 5.78 Å². The van der Waals surface area contributed by atoms with E-state index in [1.807, 2.05) is 0 Å². The van der Waals surface area contributed by atoms with Crippen molar-refractivity contribution in [1.82, 2.24) is 0 Å². The fraction of sp³-hybridized carbons (Fsp3) is 0.222. The third kappa shape index (κ3) is 3.80. The molecule has 0 fully saturated rings. The highest BCUT2D eigenvalue weighted by molar-refractivity contribution is 9.09. The SMILES string of the molecule is O=C(CBr)c1cc(F)cc(OC(F)(F)F)c1. The maximum atomic E-state index is 12.9. The highest BCUT2D eigenvalue weighted by Gasteiger charge is 2.31. The number of ether oxygens (including phenoxy) is 1. The molecule has 0 saturated carbocycles. The van der Waals surface area contributed by atoms with E-state index in [2.05, 4.69) is 20.7 Å². The number of carbonyl (C=O) groups is 1. The van der Waals surface area contributed by atoms with Crippen molar-refractivity contribution in [1.29, 1.82) is 0 Å². The Morgan fingerprint density at radius 2 is 1.94 bits per heavy atom. The summed E-state index contributed by atoms with van der Waals surface area (Å²) in [7, 11) is 0. The quantitative estimate of drug-likeness (QED) is 0.486. The summed E-state index contributed by atoms with van der Waals surface area (Å²) in [5.41, 5.74) is -0.184. The van der Waals surface area contributed by atoms with Crippen LogP contribution in [0.5, 0.6) is 5.75 Å². The van der Waals surface area contributed by atoms with Gasteiger partial charge in [0.1, 0.15) is 11.6 Å². The van der Waals surface area contributed by atoms with E-state index in [1.54, 1.807) is 0 Å². The van der Waals surface area contributed by atoms with Gasteiger partial charge >= 0.3 is 6.36 Å². The molecule has 0 heterocycles. The molecule has 2 nitrogen and oxygen atoms in total. The maximum Gasteiger partial charge on any atom is 0.573 e. The molecule has 0 amide bonds. The first-order valence-corrected chi connectivity index (χ1v) is 5.09. The van der Waals surface area contributed by atoms with E-state index in [0.717, 1.165) is 12.1 Å². The molecule has 88 valence electrons. The van der Waals surface area contributed by atoms with Crippen molar-refractivity contribution in [3.05, 3.63) is 29.6 Å². The van der Waals surface area contributed by atoms with E-state index >= 15 is 0 Å². The molecule has 0 radical (unpaired) electrons. The molecule has 0 atom stereocenters. The zero-order valence-corrected chi connectivity index (χ0v) is 9.23. The first-order chi connectivity index (χ1) is 7.31. The van der Waals surface area contributed by atoms with Crippen LogP contribution in [0.25, 0.3) is 0 Å². The molecular formula is C9H5BrF4O2. The normalized spacial score (nSPS) is 11.3. The van der Waals surface area contributed by atoms with Crippen molar-refractivity contribution in [2.24, 2.45) is 0 Å². The molecule has 0 unspecified atom stereocenters. The predicted molar refractivity (Wildman–Crippen MR) is 51.2 cm³/mol. The Kier molecular flexibility index (Phi) is 3.90. The van der Waals surface area contributed by atoms with Gasteiger partial charge in [0.2, 0.25) is 0 Å². The van der Waals surface area contributed by atoms with Gasteiger partial charge < -0.3 is 4.74 Å². The van der Waals surface area contributed by atoms with Gasteiger partial charge in [-0.1, -0.05) is 15.9 Å². The topological polar surface area (TPSA) is 26.3 Å². The number of Topliss-reactive ketones (excluding diaryl/α,β-unsaturated/α-hetero) is 1. The van der Waals surface area contributed by atoms with Crippen LogP contribution in [0.3, 0.4) is 0 Å². The highest BCUT2D eigenvalue weighted by atomic mass is 79.9. The number of carbonyl (C=O) groups excluding carboxylic acids is 1. The summed E-state index contributed by atoms with van der Waals surface area (Å²) in [5, 5.41) is -0.109. The van der Waals surface area contributed by atoms with E-state index in [-0.39, 0.29) is 10.9 Å². The lowest BCUT2D eigenvalue weighted by Crippen LogP contribution is -2.17. The fourth-order valence-corrected chi connectivity index (χ4v) is 1.32. The lowest BCUT2D eigenvalue weighted by atomic mass is 10.1. The second-order valence-electron chi connectivity index (χ2n) is 2.78. The van der Waals surface area contributed by atoms with Gasteiger partial charge in [0.05, 0.1) is 5.33 Å². The van der Waals surface area contributed by atoms with Gasteiger partial charge in [-0.05, 0) is 12.1 Å². The van der Waals surface area contributed by atoms with Gasteiger partial charge in [-0.15, -0.1) is 13.2 Å². The predicted octanol–water partition coefficient (Wildman–Crippen LogP) is 3.30. The first kappa shape index (κ1) is 13.0. The van der Waals surface area contributed by atoms with Crippen molar-refractivity contribution in [2.75, 3.05) is 5.33 Å². The Bertz CT molecular complexity index is 403. The first-order valence-electron chi connectivity index (χ1n) is 3.97. The lowest BCUT2D eigenvalue weighted by Gasteiger charge is -2.09. The zero-order chi connectivity index (χ0) is 12.3. The summed E-state index contributed by atoms with van der Waals surface area (Å²) in [6, 6.07) is 2.23. The number of halogens is 5. The average molecular weight is 301 g/mol. The van der Waals surface area contributed by atoms with Crippen LogP contribution in [0.4, 0.5) is 17.6 Å². The molecule has 0 aromatic heterocycles. The molecule has 0 aliphatic heterocycles. The van der Waals surface area contributed by atoms with Crippen LogP contribution in [0, 0.1) is 5.82 Å². The van der Waals surface area contributed by atoms with Crippen LogP contribution in [0.15, 0.2) is 18.2 Å². The van der Waals surface area contributed by atoms with Gasteiger partial charge in [-0.25, -0.2) is 4.39 Å². The average Bonchev–Trinajstić information content (AvgIpc) is 2.12. The van der Waals surface area contributed by atoms with Gasteiger partial charge in [0.25, 0.3) is 0 Å². The van der Waals surface area contributed by atoms with Crippen LogP contribution in [0.2, 0.25) is 0 Å². The third-order valence-corrected chi connectivity index (χ3v) is 2.06. The number of hydrogen-bond donors (Lipinski definition) is 0. The number of alkyl halides is 4. The van der Waals surface area contributed by atoms with Crippen molar-refractivity contribution >= 4 is 21.7 Å². The minimum Gasteiger partial charge on any atom is -0.406 e. The van der Waals surface area contributed by atoms with Gasteiger partial charge in [0, 0.05) is 11.6 Å². The van der Waals surface area contributed by atoms with E-state index in [0.29, 0.717) is 6.07 Å². The maximum absolute atomic E-state index is 12.9. The third-order valence-electron chi connectivity index (χ3n) is 1.55. The van der Waals surface area contributed by atoms with Crippen molar-refractivity contribution in [2.45, 2.75) is 6.36 Å². The largest absolute Gasteiger partial charge is 0.573 e. The molecular weight excluding hydrogens is 296 g/mol. The minimum absolute atomic E-state index is 0.109. The number of ketones is 1. The highest BCUT2D eigenvalue weighted by Crippen LogP contribution is 2.24. The number of benzene rings is 1. The standard InChI is InChI=1S/C9H5BrF4O2/c10-4-8(15)5-1-6(11)3-7(2-5)16-9(12,13)14/h1-3H,4H2. The lowest BCUT2D eigenvalue weighted by molar-refractivity contribution is -0.274. The molecule has 0 aliphatic carbocycles. The van der Waals surface area contributed by atoms with Crippen LogP contribution < -0.4 is 4.74 Å². The van der Waals surface area contributed by atoms with Crippen molar-refractivity contribution in [3.8, 4) is 5.75 Å². The van der Waals surface area contributed by atoms with Gasteiger partial charge in [-0.2, -0.15) is 0 Å². The van der Waals surface area contributed by atoms with E-state index in [1.165, 1.54) is 0 Å². The van der Waals surface area contributed by atoms with Crippen molar-refractivity contribution in [3.63, 3.8) is 0 Å². The van der Waals surface area contributed by atoms with Gasteiger partial charge in [-0.3, -0.25) is 4.79 Å². The molecule has 0 saturated heterocycles. The van der Waals surface area contributed by atoms with Crippen molar-refractivity contribution < 1.29 is 27.1 Å². The molecule has 16 heavy (non-hydrogen) atoms. The number of rotatable bonds is 3. The van der Waals surface area contributed by atoms with Crippen LogP contribution >= 0.6 is 15.9 Å². The van der Waals surface area contributed by atoms with Crippen LogP contribution in [-0.2, 0) is 0 Å². The Morgan fingerprint density at radius 1 is 1.31 bits per heavy atom. The Balaban J connectivity index is 3.03. The molecule has 0 N–H and O–H groups in total. The smallest absolute Gasteiger partial charge is 0.406 e. The molecule has 1 aromatic rings. The summed E-state index contributed by atoms with van der Waals surface area (Å²) < 4.78 is 51.9. The number of hydrogen-bond acceptors (Lipinski definition) is 2. The monoisotopic (exact) mass is 300 g/mol. The van der Waals surface area contributed by atoms with E-state index in [4.69, 9.17) is 0 Å². The summed E-state index contributed by atoms with van der Waals surface area (Å²) in [6.45, 7) is 0. The summed E-state index contributed by atoms with van der Waals surface area (Å²) in [6.07, 6.45) is -4.91. The molecule has 1 rings (SSSR count). The molecule has 1 aromatic carbocycles. The van der Waals surface area contributed by atoms with Crippen LogP contribution in [0.1, 0.15) is 10.4 Å². The Hall–Kier alpha value is -1.11. The molecule has 0 bridgehead atoms. The molecule has 0 spiro atoms.